The van der Waals surface area contributed by atoms with Crippen LogP contribution in [0.25, 0.3) is 11.0 Å². The first kappa shape index (κ1) is 28.3. The van der Waals surface area contributed by atoms with Crippen molar-refractivity contribution in [3.8, 4) is 0 Å². The molecule has 0 aliphatic carbocycles. The highest BCUT2D eigenvalue weighted by Gasteiger charge is 2.21. The third-order valence-electron chi connectivity index (χ3n) is 6.14. The van der Waals surface area contributed by atoms with E-state index in [2.05, 4.69) is 4.98 Å². The van der Waals surface area contributed by atoms with Crippen LogP contribution in [0, 0.1) is 5.41 Å². The number of nitrogen functional groups attached to an aromatic ring is 1. The van der Waals surface area contributed by atoms with Gasteiger partial charge in [-0.15, -0.1) is 12.4 Å². The minimum absolute atomic E-state index is 0. The van der Waals surface area contributed by atoms with Crippen LogP contribution < -0.4 is 10.6 Å². The molecule has 0 bridgehead atoms. The molecule has 38 heavy (non-hydrogen) atoms. The van der Waals surface area contributed by atoms with E-state index < -0.39 is 0 Å². The van der Waals surface area contributed by atoms with Gasteiger partial charge in [-0.05, 0) is 49.2 Å². The number of benzene rings is 2. The van der Waals surface area contributed by atoms with Crippen LogP contribution in [0.3, 0.4) is 0 Å². The van der Waals surface area contributed by atoms with Gasteiger partial charge in [0, 0.05) is 37.3 Å². The maximum Gasteiger partial charge on any atom is 0.307 e. The van der Waals surface area contributed by atoms with E-state index in [1.807, 2.05) is 41.9 Å². The van der Waals surface area contributed by atoms with Crippen LogP contribution in [0.4, 0.5) is 5.82 Å². The summed E-state index contributed by atoms with van der Waals surface area (Å²) in [7, 11) is 1.96. The lowest BCUT2D eigenvalue weighted by Gasteiger charge is -2.21. The molecule has 0 unspecified atom stereocenters. The Morgan fingerprint density at radius 1 is 1.05 bits per heavy atom. The van der Waals surface area contributed by atoms with Gasteiger partial charge in [-0.3, -0.25) is 19.9 Å². The summed E-state index contributed by atoms with van der Waals surface area (Å²) in [5.74, 6) is 0.794. The Kier molecular flexibility index (Phi) is 9.56. The fourth-order valence-corrected chi connectivity index (χ4v) is 4.14. The number of aromatic nitrogens is 3. The zero-order chi connectivity index (χ0) is 26.4. The fraction of sp³-hybridized carbons (Fsp3) is 0.250. The van der Waals surface area contributed by atoms with Crippen LogP contribution in [0.1, 0.15) is 40.7 Å². The lowest BCUT2D eigenvalue weighted by atomic mass is 10.1. The number of carbonyl (C=O) groups is 2. The van der Waals surface area contributed by atoms with Gasteiger partial charge in [0.15, 0.2) is 0 Å². The molecule has 2 aromatic carbocycles. The number of esters is 1. The SMILES string of the molecule is CCOC(=O)CCN(C(=O)c1ccc2c(c1)nc(CCc1ccc(C(=N)N)cc1)n2C)c1ccccn1.Cl. The summed E-state index contributed by atoms with van der Waals surface area (Å²) in [5, 5.41) is 7.53. The summed E-state index contributed by atoms with van der Waals surface area (Å²) < 4.78 is 7.07. The summed E-state index contributed by atoms with van der Waals surface area (Å²) in [5.41, 5.74) is 9.48. The van der Waals surface area contributed by atoms with E-state index in [1.54, 1.807) is 43.5 Å². The topological polar surface area (TPSA) is 127 Å². The Bertz CT molecular complexity index is 1420. The molecule has 0 radical (unpaired) electrons. The molecular formula is C28H31ClN6O3. The number of ether oxygens (including phenoxy) is 1. The molecule has 0 saturated heterocycles. The summed E-state index contributed by atoms with van der Waals surface area (Å²) in [6.45, 7) is 2.20. The number of fused-ring (bicyclic) bond motifs is 1. The van der Waals surface area contributed by atoms with Gasteiger partial charge in [-0.1, -0.05) is 30.3 Å². The molecule has 4 rings (SSSR count). The second-order valence-electron chi connectivity index (χ2n) is 8.60. The van der Waals surface area contributed by atoms with Gasteiger partial charge in [0.25, 0.3) is 5.91 Å². The van der Waals surface area contributed by atoms with Crippen LogP contribution in [-0.4, -0.2) is 45.4 Å². The molecule has 0 aliphatic heterocycles. The number of amides is 1. The summed E-state index contributed by atoms with van der Waals surface area (Å²) in [6, 6.07) is 18.4. The highest BCUT2D eigenvalue weighted by atomic mass is 35.5. The maximum absolute atomic E-state index is 13.5. The number of nitrogens with zero attached hydrogens (tertiary/aromatic N) is 4. The molecule has 10 heteroatoms. The molecule has 198 valence electrons. The molecule has 2 heterocycles. The molecule has 0 spiro atoms. The largest absolute Gasteiger partial charge is 0.466 e. The minimum Gasteiger partial charge on any atom is -0.466 e. The lowest BCUT2D eigenvalue weighted by Crippen LogP contribution is -2.34. The van der Waals surface area contributed by atoms with E-state index >= 15 is 0 Å². The highest BCUT2D eigenvalue weighted by Crippen LogP contribution is 2.21. The number of hydrogen-bond acceptors (Lipinski definition) is 6. The van der Waals surface area contributed by atoms with Crippen LogP contribution in [0.5, 0.6) is 0 Å². The summed E-state index contributed by atoms with van der Waals surface area (Å²) >= 11 is 0. The van der Waals surface area contributed by atoms with Crippen LogP contribution in [0.15, 0.2) is 66.9 Å². The van der Waals surface area contributed by atoms with Gasteiger partial charge >= 0.3 is 5.97 Å². The number of halogens is 1. The predicted molar refractivity (Wildman–Crippen MR) is 150 cm³/mol. The number of imidazole rings is 1. The van der Waals surface area contributed by atoms with Gasteiger partial charge in [-0.25, -0.2) is 9.97 Å². The Morgan fingerprint density at radius 2 is 1.79 bits per heavy atom. The normalized spacial score (nSPS) is 10.6. The van der Waals surface area contributed by atoms with E-state index in [4.69, 9.17) is 20.9 Å². The first-order chi connectivity index (χ1) is 17.9. The molecule has 3 N–H and O–H groups in total. The van der Waals surface area contributed by atoms with Crippen molar-refractivity contribution >= 4 is 47.0 Å². The van der Waals surface area contributed by atoms with Crippen molar-refractivity contribution < 1.29 is 14.3 Å². The first-order valence-electron chi connectivity index (χ1n) is 12.1. The van der Waals surface area contributed by atoms with E-state index in [-0.39, 0.29) is 43.1 Å². The molecule has 1 amide bonds. The summed E-state index contributed by atoms with van der Waals surface area (Å²) in [4.78, 5) is 36.1. The zero-order valence-electron chi connectivity index (χ0n) is 21.4. The molecule has 0 aliphatic rings. The van der Waals surface area contributed by atoms with Crippen molar-refractivity contribution in [2.45, 2.75) is 26.2 Å². The van der Waals surface area contributed by atoms with Gasteiger partial charge in [0.1, 0.15) is 17.5 Å². The number of aryl methyl sites for hydroxylation is 3. The third-order valence-corrected chi connectivity index (χ3v) is 6.14. The van der Waals surface area contributed by atoms with Crippen molar-refractivity contribution in [2.75, 3.05) is 18.1 Å². The molecule has 0 saturated carbocycles. The van der Waals surface area contributed by atoms with E-state index in [9.17, 15) is 9.59 Å². The van der Waals surface area contributed by atoms with Crippen LogP contribution in [-0.2, 0) is 29.4 Å². The number of anilines is 1. The third kappa shape index (κ3) is 6.54. The molecule has 2 aromatic heterocycles. The number of nitrogens with one attached hydrogen (secondary N) is 1. The first-order valence-corrected chi connectivity index (χ1v) is 12.1. The molecule has 9 nitrogen and oxygen atoms in total. The number of hydrogen-bond donors (Lipinski definition) is 2. The maximum atomic E-state index is 13.5. The number of rotatable bonds is 10. The average Bonchev–Trinajstić information content (AvgIpc) is 3.23. The molecule has 0 fully saturated rings. The van der Waals surface area contributed by atoms with Crippen molar-refractivity contribution in [1.29, 1.82) is 5.41 Å². The van der Waals surface area contributed by atoms with Crippen molar-refractivity contribution in [3.05, 3.63) is 89.4 Å². The number of nitrogens with two attached hydrogens (primary N) is 1. The summed E-state index contributed by atoms with van der Waals surface area (Å²) in [6.07, 6.45) is 3.18. The fourth-order valence-electron chi connectivity index (χ4n) is 4.14. The van der Waals surface area contributed by atoms with Crippen LogP contribution in [0.2, 0.25) is 0 Å². The van der Waals surface area contributed by atoms with E-state index in [0.29, 0.717) is 30.0 Å². The standard InChI is InChI=1S/C28H30N6O3.ClH/c1-3-37-26(35)15-17-34(24-6-4-5-16-31-24)28(36)21-12-13-23-22(18-21)32-25(33(23)2)14-9-19-7-10-20(11-8-19)27(29)30;/h4-8,10-13,16,18H,3,9,14-15,17H2,1-2H3,(H3,29,30);1H. The van der Waals surface area contributed by atoms with Crippen molar-refractivity contribution in [3.63, 3.8) is 0 Å². The molecular weight excluding hydrogens is 504 g/mol. The highest BCUT2D eigenvalue weighted by molar-refractivity contribution is 6.07. The van der Waals surface area contributed by atoms with Crippen molar-refractivity contribution in [2.24, 2.45) is 12.8 Å². The molecule has 0 atom stereocenters. The average molecular weight is 535 g/mol. The zero-order valence-corrected chi connectivity index (χ0v) is 22.2. The number of pyridine rings is 1. The van der Waals surface area contributed by atoms with E-state index in [0.717, 1.165) is 28.8 Å². The van der Waals surface area contributed by atoms with Gasteiger partial charge in [0.2, 0.25) is 0 Å². The Morgan fingerprint density at radius 3 is 2.45 bits per heavy atom. The Labute approximate surface area is 227 Å². The minimum atomic E-state index is -0.364. The van der Waals surface area contributed by atoms with Crippen molar-refractivity contribution in [1.82, 2.24) is 14.5 Å². The van der Waals surface area contributed by atoms with Gasteiger partial charge in [-0.2, -0.15) is 0 Å². The van der Waals surface area contributed by atoms with E-state index in [1.165, 1.54) is 4.90 Å². The predicted octanol–water partition coefficient (Wildman–Crippen LogP) is 4.06. The smallest absolute Gasteiger partial charge is 0.307 e. The Balaban J connectivity index is 0.00000400. The number of amidine groups is 1. The molecule has 4 aromatic rings. The number of carbonyl (C=O) groups excluding carboxylic acids is 2. The van der Waals surface area contributed by atoms with Gasteiger partial charge in [0.05, 0.1) is 24.1 Å². The second kappa shape index (κ2) is 12.8. The quantitative estimate of drug-likeness (QED) is 0.179. The monoisotopic (exact) mass is 534 g/mol. The second-order valence-corrected chi connectivity index (χ2v) is 8.60. The van der Waals surface area contributed by atoms with Gasteiger partial charge < -0.3 is 15.0 Å². The Hall–Kier alpha value is -4.24. The lowest BCUT2D eigenvalue weighted by molar-refractivity contribution is -0.142. The van der Waals surface area contributed by atoms with Crippen LogP contribution >= 0.6 is 12.4 Å².